The quantitative estimate of drug-likeness (QED) is 0.252. The first-order valence-corrected chi connectivity index (χ1v) is 8.64. The zero-order chi connectivity index (χ0) is 16.9. The van der Waals surface area contributed by atoms with Crippen molar-refractivity contribution >= 4 is 23.8 Å². The van der Waals surface area contributed by atoms with Crippen LogP contribution in [-0.2, 0) is 5.75 Å². The molecule has 1 heterocycles. The number of nitriles is 1. The molecule has 0 saturated carbocycles. The maximum absolute atomic E-state index is 8.78. The lowest BCUT2D eigenvalue weighted by molar-refractivity contribution is 0.557. The molecule has 1 aromatic heterocycles. The third kappa shape index (κ3) is 7.03. The number of thioether (sulfide) groups is 1. The van der Waals surface area contributed by atoms with Crippen LogP contribution in [0.5, 0.6) is 0 Å². The Hall–Kier alpha value is -2.72. The summed E-state index contributed by atoms with van der Waals surface area (Å²) >= 11 is 1.73. The molecule has 1 aromatic carbocycles. The van der Waals surface area contributed by atoms with E-state index < -0.39 is 0 Å². The molecule has 2 aromatic rings. The Balaban J connectivity index is 1.68. The Morgan fingerprint density at radius 1 is 1.38 bits per heavy atom. The largest absolute Gasteiger partial charge is 0.451 e. The number of rotatable bonds is 8. The Kier molecular flexibility index (Phi) is 8.02. The molecule has 0 fully saturated rings. The number of hydrogen-bond donors (Lipinski definition) is 2. The molecular weight excluding hydrogens is 322 g/mol. The first kappa shape index (κ1) is 17.6. The van der Waals surface area contributed by atoms with Crippen molar-refractivity contribution in [2.24, 2.45) is 4.99 Å². The minimum absolute atomic E-state index is 0.484. The van der Waals surface area contributed by atoms with E-state index in [9.17, 15) is 0 Å². The van der Waals surface area contributed by atoms with E-state index in [4.69, 9.17) is 9.68 Å². The Labute approximate surface area is 145 Å². The first-order chi connectivity index (χ1) is 11.9. The van der Waals surface area contributed by atoms with Crippen molar-refractivity contribution in [3.05, 3.63) is 60.3 Å². The van der Waals surface area contributed by atoms with E-state index >= 15 is 0 Å². The van der Waals surface area contributed by atoms with Crippen LogP contribution < -0.4 is 10.6 Å². The average Bonchev–Trinajstić information content (AvgIpc) is 3.12. The Morgan fingerprint density at radius 3 is 3.00 bits per heavy atom. The van der Waals surface area contributed by atoms with Crippen LogP contribution in [0.4, 0.5) is 0 Å². The molecule has 0 bridgehead atoms. The molecule has 2 N–H and O–H groups in total. The van der Waals surface area contributed by atoms with E-state index in [2.05, 4.69) is 20.6 Å². The summed E-state index contributed by atoms with van der Waals surface area (Å²) in [6.45, 7) is 1.20. The van der Waals surface area contributed by atoms with Gasteiger partial charge in [0.1, 0.15) is 6.26 Å². The van der Waals surface area contributed by atoms with Crippen molar-refractivity contribution in [3.63, 3.8) is 0 Å². The van der Waals surface area contributed by atoms with Crippen LogP contribution >= 0.6 is 11.8 Å². The van der Waals surface area contributed by atoms with E-state index in [1.807, 2.05) is 48.7 Å². The number of guanidine groups is 1. The highest BCUT2D eigenvalue weighted by molar-refractivity contribution is 7.98. The second kappa shape index (κ2) is 10.9. The highest BCUT2D eigenvalue weighted by Gasteiger charge is 1.98. The van der Waals surface area contributed by atoms with Gasteiger partial charge in [-0.1, -0.05) is 42.5 Å². The fourth-order valence-electron chi connectivity index (χ4n) is 1.82. The second-order valence-corrected chi connectivity index (χ2v) is 5.80. The molecule has 0 aliphatic carbocycles. The topological polar surface area (TPSA) is 86.2 Å². The smallest absolute Gasteiger partial charge is 0.205 e. The van der Waals surface area contributed by atoms with E-state index in [0.29, 0.717) is 19.0 Å². The Morgan fingerprint density at radius 2 is 2.25 bits per heavy atom. The van der Waals surface area contributed by atoms with Crippen molar-refractivity contribution in [2.45, 2.75) is 5.75 Å². The van der Waals surface area contributed by atoms with Gasteiger partial charge in [0, 0.05) is 18.1 Å². The predicted octanol–water partition coefficient (Wildman–Crippen LogP) is 2.64. The fraction of sp³-hybridized carbons (Fsp3) is 0.235. The standard InChI is InChI=1S/C17H19N5OS/c18-13-21-17(19-8-4-7-15-5-2-1-3-6-15)20-9-10-24-12-16-11-23-14-22-16/h1-7,11,14H,8-10,12H2,(H2,19,20,21). The highest BCUT2D eigenvalue weighted by Crippen LogP contribution is 2.08. The monoisotopic (exact) mass is 341 g/mol. The van der Waals surface area contributed by atoms with E-state index in [-0.39, 0.29) is 0 Å². The number of aliphatic imine (C=N–C) groups is 1. The number of nitrogens with one attached hydrogen (secondary N) is 2. The van der Waals surface area contributed by atoms with Gasteiger partial charge in [0.2, 0.25) is 5.96 Å². The van der Waals surface area contributed by atoms with Gasteiger partial charge in [-0.3, -0.25) is 5.32 Å². The normalized spacial score (nSPS) is 11.4. The maximum Gasteiger partial charge on any atom is 0.205 e. The van der Waals surface area contributed by atoms with Gasteiger partial charge in [0.15, 0.2) is 12.6 Å². The summed E-state index contributed by atoms with van der Waals surface area (Å²) < 4.78 is 4.92. The molecule has 6 nitrogen and oxygen atoms in total. The summed E-state index contributed by atoms with van der Waals surface area (Å²) in [6, 6.07) is 10.0. The summed E-state index contributed by atoms with van der Waals surface area (Å²) in [5.74, 6) is 2.16. The molecule has 0 amide bonds. The average molecular weight is 341 g/mol. The molecule has 0 saturated heterocycles. The minimum Gasteiger partial charge on any atom is -0.451 e. The number of hydrogen-bond acceptors (Lipinski definition) is 5. The van der Waals surface area contributed by atoms with Gasteiger partial charge < -0.3 is 9.73 Å². The van der Waals surface area contributed by atoms with Crippen LogP contribution in [-0.4, -0.2) is 29.8 Å². The minimum atomic E-state index is 0.484. The van der Waals surface area contributed by atoms with Crippen LogP contribution in [0.1, 0.15) is 11.3 Å². The highest BCUT2D eigenvalue weighted by atomic mass is 32.2. The zero-order valence-corrected chi connectivity index (χ0v) is 14.0. The van der Waals surface area contributed by atoms with Gasteiger partial charge in [-0.25, -0.2) is 9.98 Å². The first-order valence-electron chi connectivity index (χ1n) is 7.48. The number of oxazole rings is 1. The second-order valence-electron chi connectivity index (χ2n) is 4.70. The molecule has 24 heavy (non-hydrogen) atoms. The van der Waals surface area contributed by atoms with Crippen LogP contribution in [0.25, 0.3) is 6.08 Å². The number of benzene rings is 1. The van der Waals surface area contributed by atoms with Gasteiger partial charge >= 0.3 is 0 Å². The van der Waals surface area contributed by atoms with Gasteiger partial charge in [0.25, 0.3) is 0 Å². The van der Waals surface area contributed by atoms with Crippen LogP contribution in [0.3, 0.4) is 0 Å². The molecule has 0 atom stereocenters. The molecule has 0 spiro atoms. The summed E-state index contributed by atoms with van der Waals surface area (Å²) in [5, 5.41) is 14.5. The molecule has 0 aliphatic rings. The van der Waals surface area contributed by atoms with Crippen molar-refractivity contribution < 1.29 is 4.42 Å². The predicted molar refractivity (Wildman–Crippen MR) is 97.2 cm³/mol. The summed E-state index contributed by atoms with van der Waals surface area (Å²) in [4.78, 5) is 8.38. The lowest BCUT2D eigenvalue weighted by atomic mass is 10.2. The SMILES string of the molecule is N#CNC(=NCC=Cc1ccccc1)NCCSCc1cocn1. The summed E-state index contributed by atoms with van der Waals surface area (Å²) in [7, 11) is 0. The van der Waals surface area contributed by atoms with Crippen LogP contribution in [0, 0.1) is 11.5 Å². The van der Waals surface area contributed by atoms with E-state index in [1.165, 1.54) is 6.39 Å². The van der Waals surface area contributed by atoms with Crippen molar-refractivity contribution in [3.8, 4) is 6.19 Å². The zero-order valence-electron chi connectivity index (χ0n) is 13.2. The van der Waals surface area contributed by atoms with Gasteiger partial charge in [-0.15, -0.1) is 0 Å². The van der Waals surface area contributed by atoms with E-state index in [0.717, 1.165) is 22.8 Å². The van der Waals surface area contributed by atoms with Crippen molar-refractivity contribution in [2.75, 3.05) is 18.8 Å². The van der Waals surface area contributed by atoms with Crippen LogP contribution in [0.15, 0.2) is 58.5 Å². The lowest BCUT2D eigenvalue weighted by Crippen LogP contribution is -2.36. The van der Waals surface area contributed by atoms with Gasteiger partial charge in [0.05, 0.1) is 12.2 Å². The van der Waals surface area contributed by atoms with Gasteiger partial charge in [-0.05, 0) is 5.56 Å². The number of nitrogens with zero attached hydrogens (tertiary/aromatic N) is 3. The summed E-state index contributed by atoms with van der Waals surface area (Å²) in [6.07, 6.45) is 8.92. The third-order valence-corrected chi connectivity index (χ3v) is 3.90. The molecule has 2 rings (SSSR count). The molecule has 0 unspecified atom stereocenters. The maximum atomic E-state index is 8.78. The summed E-state index contributed by atoms with van der Waals surface area (Å²) in [5.41, 5.74) is 2.05. The molecule has 0 radical (unpaired) electrons. The van der Waals surface area contributed by atoms with Crippen molar-refractivity contribution in [1.29, 1.82) is 5.26 Å². The van der Waals surface area contributed by atoms with Gasteiger partial charge in [-0.2, -0.15) is 17.0 Å². The van der Waals surface area contributed by atoms with E-state index in [1.54, 1.807) is 18.0 Å². The van der Waals surface area contributed by atoms with Crippen molar-refractivity contribution in [1.82, 2.24) is 15.6 Å². The molecular formula is C17H19N5OS. The third-order valence-electron chi connectivity index (χ3n) is 2.91. The Bertz CT molecular complexity index is 677. The number of aromatic nitrogens is 1. The molecule has 124 valence electrons. The molecule has 0 aliphatic heterocycles. The molecule has 7 heteroatoms. The van der Waals surface area contributed by atoms with Crippen LogP contribution in [0.2, 0.25) is 0 Å². The lowest BCUT2D eigenvalue weighted by Gasteiger charge is -2.06. The fourth-order valence-corrected chi connectivity index (χ4v) is 2.56.